The fourth-order valence-electron chi connectivity index (χ4n) is 4.92. The van der Waals surface area contributed by atoms with Gasteiger partial charge in [-0.3, -0.25) is 14.9 Å². The van der Waals surface area contributed by atoms with Crippen molar-refractivity contribution in [2.24, 2.45) is 0 Å². The van der Waals surface area contributed by atoms with E-state index in [0.717, 1.165) is 91.4 Å². The van der Waals surface area contributed by atoms with Gasteiger partial charge in [-0.15, -0.1) is 0 Å². The van der Waals surface area contributed by atoms with Gasteiger partial charge in [0.1, 0.15) is 17.9 Å². The first kappa shape index (κ1) is 21.7. The maximum atomic E-state index is 9.20. The minimum Gasteiger partial charge on any atom is -0.484 e. The summed E-state index contributed by atoms with van der Waals surface area (Å²) in [5.41, 5.74) is 5.61. The first-order valence-corrected chi connectivity index (χ1v) is 12.1. The molecule has 1 aliphatic heterocycles. The van der Waals surface area contributed by atoms with E-state index in [2.05, 4.69) is 32.1 Å². The topological polar surface area (TPSA) is 89.1 Å². The third kappa shape index (κ3) is 4.48. The van der Waals surface area contributed by atoms with Crippen molar-refractivity contribution in [1.29, 1.82) is 5.26 Å². The van der Waals surface area contributed by atoms with Gasteiger partial charge in [0.15, 0.2) is 0 Å². The van der Waals surface area contributed by atoms with Gasteiger partial charge >= 0.3 is 0 Å². The maximum absolute atomic E-state index is 9.20. The van der Waals surface area contributed by atoms with Crippen molar-refractivity contribution in [2.45, 2.75) is 31.9 Å². The second-order valence-electron chi connectivity index (χ2n) is 9.05. The Labute approximate surface area is 203 Å². The standard InChI is InChI=1S/C27H26N6O2/c28-15-19-12-20-2-1-3-26(27(20)30-16-19)35-24-5-4-21-17-31-33(25(21)14-24)23-6-7-29-22(13-23)18-32-8-10-34-11-9-32/h4-7,12-14,16-17,26H,1-3,8-11,18H2. The Morgan fingerprint density at radius 3 is 2.89 bits per heavy atom. The van der Waals surface area contributed by atoms with Gasteiger partial charge in [-0.05, 0) is 55.2 Å². The molecule has 1 saturated heterocycles. The van der Waals surface area contributed by atoms with Crippen LogP contribution in [0.3, 0.4) is 0 Å². The van der Waals surface area contributed by atoms with Crippen molar-refractivity contribution in [3.8, 4) is 17.5 Å². The summed E-state index contributed by atoms with van der Waals surface area (Å²) < 4.78 is 13.8. The van der Waals surface area contributed by atoms with Crippen molar-refractivity contribution in [1.82, 2.24) is 24.6 Å². The van der Waals surface area contributed by atoms with Crippen LogP contribution in [0.15, 0.2) is 55.0 Å². The van der Waals surface area contributed by atoms with Gasteiger partial charge in [-0.1, -0.05) is 0 Å². The van der Waals surface area contributed by atoms with E-state index in [0.29, 0.717) is 5.56 Å². The molecule has 0 N–H and O–H groups in total. The van der Waals surface area contributed by atoms with Gasteiger partial charge in [-0.25, -0.2) is 4.68 Å². The van der Waals surface area contributed by atoms with E-state index in [4.69, 9.17) is 9.47 Å². The van der Waals surface area contributed by atoms with Crippen molar-refractivity contribution in [2.75, 3.05) is 26.3 Å². The number of aryl methyl sites for hydroxylation is 1. The molecule has 1 aliphatic carbocycles. The van der Waals surface area contributed by atoms with Crippen molar-refractivity contribution >= 4 is 10.9 Å². The van der Waals surface area contributed by atoms with Crippen LogP contribution in [-0.2, 0) is 17.7 Å². The van der Waals surface area contributed by atoms with Crippen LogP contribution >= 0.6 is 0 Å². The zero-order valence-electron chi connectivity index (χ0n) is 19.4. The van der Waals surface area contributed by atoms with Gasteiger partial charge < -0.3 is 9.47 Å². The molecule has 0 saturated carbocycles. The van der Waals surface area contributed by atoms with Crippen LogP contribution in [0.5, 0.6) is 5.75 Å². The average molecular weight is 467 g/mol. The molecule has 0 amide bonds. The largest absolute Gasteiger partial charge is 0.484 e. The molecule has 0 spiro atoms. The van der Waals surface area contributed by atoms with Crippen molar-refractivity contribution < 1.29 is 9.47 Å². The number of benzene rings is 1. The molecule has 6 rings (SSSR count). The number of nitrogens with zero attached hydrogens (tertiary/aromatic N) is 6. The van der Waals surface area contributed by atoms with Gasteiger partial charge in [-0.2, -0.15) is 10.4 Å². The summed E-state index contributed by atoms with van der Waals surface area (Å²) >= 11 is 0. The predicted molar refractivity (Wildman–Crippen MR) is 130 cm³/mol. The third-order valence-corrected chi connectivity index (χ3v) is 6.70. The number of fused-ring (bicyclic) bond motifs is 2. The zero-order valence-corrected chi connectivity index (χ0v) is 19.4. The lowest BCUT2D eigenvalue weighted by molar-refractivity contribution is 0.0336. The maximum Gasteiger partial charge on any atom is 0.141 e. The molecule has 176 valence electrons. The lowest BCUT2D eigenvalue weighted by atomic mass is 9.93. The van der Waals surface area contributed by atoms with E-state index in [-0.39, 0.29) is 6.10 Å². The van der Waals surface area contributed by atoms with E-state index < -0.39 is 0 Å². The third-order valence-electron chi connectivity index (χ3n) is 6.70. The van der Waals surface area contributed by atoms with Crippen LogP contribution in [0.25, 0.3) is 16.6 Å². The van der Waals surface area contributed by atoms with E-state index in [1.54, 1.807) is 6.20 Å². The second-order valence-corrected chi connectivity index (χ2v) is 9.05. The molecule has 0 radical (unpaired) electrons. The minimum atomic E-state index is -0.124. The van der Waals surface area contributed by atoms with Crippen LogP contribution in [0, 0.1) is 11.3 Å². The fraction of sp³-hybridized carbons (Fsp3) is 0.333. The van der Waals surface area contributed by atoms with Crippen molar-refractivity contribution in [3.05, 3.63) is 77.5 Å². The molecule has 35 heavy (non-hydrogen) atoms. The fourth-order valence-corrected chi connectivity index (χ4v) is 4.92. The van der Waals surface area contributed by atoms with E-state index in [1.165, 1.54) is 0 Å². The molecule has 1 atom stereocenters. The Morgan fingerprint density at radius 1 is 1.09 bits per heavy atom. The predicted octanol–water partition coefficient (Wildman–Crippen LogP) is 3.98. The lowest BCUT2D eigenvalue weighted by Gasteiger charge is -2.26. The Hall–Kier alpha value is -3.80. The molecular weight excluding hydrogens is 440 g/mol. The summed E-state index contributed by atoms with van der Waals surface area (Å²) in [6.07, 6.45) is 8.08. The number of pyridine rings is 2. The van der Waals surface area contributed by atoms with Crippen LogP contribution in [0.4, 0.5) is 0 Å². The highest BCUT2D eigenvalue weighted by molar-refractivity contribution is 5.81. The number of aromatic nitrogens is 4. The monoisotopic (exact) mass is 466 g/mol. The number of nitriles is 1. The van der Waals surface area contributed by atoms with E-state index in [9.17, 15) is 5.26 Å². The van der Waals surface area contributed by atoms with Gasteiger partial charge in [0.05, 0.1) is 47.6 Å². The quantitative estimate of drug-likeness (QED) is 0.440. The average Bonchev–Trinajstić information content (AvgIpc) is 3.33. The summed E-state index contributed by atoms with van der Waals surface area (Å²) in [4.78, 5) is 11.5. The molecule has 1 unspecified atom stereocenters. The highest BCUT2D eigenvalue weighted by atomic mass is 16.5. The molecule has 1 fully saturated rings. The molecule has 1 aromatic carbocycles. The van der Waals surface area contributed by atoms with Gasteiger partial charge in [0.25, 0.3) is 0 Å². The Bertz CT molecular complexity index is 1400. The summed E-state index contributed by atoms with van der Waals surface area (Å²) in [5.74, 6) is 0.783. The van der Waals surface area contributed by atoms with Crippen LogP contribution in [0.1, 0.15) is 41.5 Å². The summed E-state index contributed by atoms with van der Waals surface area (Å²) in [7, 11) is 0. The first-order valence-electron chi connectivity index (χ1n) is 12.1. The Morgan fingerprint density at radius 2 is 2.00 bits per heavy atom. The van der Waals surface area contributed by atoms with E-state index >= 15 is 0 Å². The van der Waals surface area contributed by atoms with Crippen molar-refractivity contribution in [3.63, 3.8) is 0 Å². The molecule has 8 heteroatoms. The molecule has 8 nitrogen and oxygen atoms in total. The summed E-state index contributed by atoms with van der Waals surface area (Å²) in [6, 6.07) is 14.3. The molecule has 3 aromatic heterocycles. The number of hydrogen-bond donors (Lipinski definition) is 0. The second kappa shape index (κ2) is 9.45. The highest BCUT2D eigenvalue weighted by Gasteiger charge is 2.24. The SMILES string of the molecule is N#Cc1cnc2c(c1)CCCC2Oc1ccc2cnn(-c3ccnc(CN4CCOCC4)c3)c2c1. The van der Waals surface area contributed by atoms with Gasteiger partial charge in [0, 0.05) is 43.5 Å². The molecular formula is C27H26N6O2. The zero-order chi connectivity index (χ0) is 23.6. The molecule has 4 aromatic rings. The smallest absolute Gasteiger partial charge is 0.141 e. The normalized spacial score (nSPS) is 18.2. The number of ether oxygens (including phenoxy) is 2. The van der Waals surface area contributed by atoms with Crippen LogP contribution < -0.4 is 4.74 Å². The van der Waals surface area contributed by atoms with Crippen LogP contribution in [0.2, 0.25) is 0 Å². The van der Waals surface area contributed by atoms with Gasteiger partial charge in [0.2, 0.25) is 0 Å². The number of morpholine rings is 1. The van der Waals surface area contributed by atoms with E-state index in [1.807, 2.05) is 47.4 Å². The Kier molecular flexibility index (Phi) is 5.86. The first-order chi connectivity index (χ1) is 17.3. The number of hydrogen-bond acceptors (Lipinski definition) is 7. The lowest BCUT2D eigenvalue weighted by Crippen LogP contribution is -2.35. The number of rotatable bonds is 5. The summed E-state index contributed by atoms with van der Waals surface area (Å²) in [5, 5.41) is 14.9. The molecule has 2 aliphatic rings. The Balaban J connectivity index is 1.27. The minimum absolute atomic E-state index is 0.124. The summed E-state index contributed by atoms with van der Waals surface area (Å²) in [6.45, 7) is 4.19. The molecule has 4 heterocycles. The highest BCUT2D eigenvalue weighted by Crippen LogP contribution is 2.34. The molecule has 0 bridgehead atoms. The van der Waals surface area contributed by atoms with Crippen LogP contribution in [-0.4, -0.2) is 51.0 Å².